The molecule has 1 aromatic rings. The Morgan fingerprint density at radius 3 is 3.05 bits per heavy atom. The van der Waals surface area contributed by atoms with Gasteiger partial charge in [-0.15, -0.1) is 0 Å². The van der Waals surface area contributed by atoms with Gasteiger partial charge in [0.05, 0.1) is 6.04 Å². The van der Waals surface area contributed by atoms with Gasteiger partial charge >= 0.3 is 0 Å². The maximum Gasteiger partial charge on any atom is 0.236 e. The van der Waals surface area contributed by atoms with Crippen molar-refractivity contribution in [2.24, 2.45) is 5.73 Å². The molecular formula is C12H16N6O. The number of aromatic nitrogens is 2. The lowest BCUT2D eigenvalue weighted by Crippen LogP contribution is -2.45. The minimum atomic E-state index is -0.514. The van der Waals surface area contributed by atoms with Gasteiger partial charge in [-0.2, -0.15) is 5.26 Å². The summed E-state index contributed by atoms with van der Waals surface area (Å²) in [5.74, 6) is 0.411. The average molecular weight is 260 g/mol. The summed E-state index contributed by atoms with van der Waals surface area (Å²) in [6, 6.07) is 1.54. The molecular weight excluding hydrogens is 244 g/mol. The lowest BCUT2D eigenvalue weighted by molar-refractivity contribution is -0.122. The Hall–Kier alpha value is -2.20. The molecule has 2 rings (SSSR count). The summed E-state index contributed by atoms with van der Waals surface area (Å²) >= 11 is 0. The maximum absolute atomic E-state index is 11.5. The number of hydrogen-bond acceptors (Lipinski definition) is 6. The fourth-order valence-electron chi connectivity index (χ4n) is 2.04. The highest BCUT2D eigenvalue weighted by Crippen LogP contribution is 2.20. The van der Waals surface area contributed by atoms with Gasteiger partial charge in [0.2, 0.25) is 5.91 Å². The number of hydrogen-bond donors (Lipinski definition) is 2. The summed E-state index contributed by atoms with van der Waals surface area (Å²) in [6.07, 6.45) is 3.86. The number of nitrogens with zero attached hydrogens (tertiary/aromatic N) is 4. The van der Waals surface area contributed by atoms with Gasteiger partial charge in [0.15, 0.2) is 11.5 Å². The van der Waals surface area contributed by atoms with Gasteiger partial charge in [-0.3, -0.25) is 4.79 Å². The second-order valence-corrected chi connectivity index (χ2v) is 4.57. The zero-order valence-corrected chi connectivity index (χ0v) is 10.7. The smallest absolute Gasteiger partial charge is 0.236 e. The van der Waals surface area contributed by atoms with Crippen LogP contribution in [0.4, 0.5) is 5.82 Å². The van der Waals surface area contributed by atoms with Gasteiger partial charge in [-0.1, -0.05) is 0 Å². The van der Waals surface area contributed by atoms with Crippen molar-refractivity contribution in [3.05, 3.63) is 18.1 Å². The van der Waals surface area contributed by atoms with Crippen LogP contribution in [0.5, 0.6) is 0 Å². The molecule has 7 heteroatoms. The molecule has 1 fully saturated rings. The number of nitrogens with one attached hydrogen (secondary N) is 1. The first kappa shape index (κ1) is 13.2. The van der Waals surface area contributed by atoms with E-state index in [1.165, 1.54) is 6.20 Å². The predicted molar refractivity (Wildman–Crippen MR) is 69.2 cm³/mol. The monoisotopic (exact) mass is 260 g/mol. The average Bonchev–Trinajstić information content (AvgIpc) is 2.86. The minimum Gasteiger partial charge on any atom is -0.352 e. The van der Waals surface area contributed by atoms with E-state index in [0.29, 0.717) is 18.1 Å². The van der Waals surface area contributed by atoms with Gasteiger partial charge in [0.1, 0.15) is 6.07 Å². The van der Waals surface area contributed by atoms with E-state index < -0.39 is 6.04 Å². The standard InChI is InChI=1S/C12H16N6O/c1-8(14)12(19)17-9-2-5-18(7-9)11-10(6-13)15-3-4-16-11/h3-4,8-9H,2,5,7,14H2,1H3,(H,17,19)/t8-,9-/m0/s1. The van der Waals surface area contributed by atoms with E-state index in [4.69, 9.17) is 11.0 Å². The molecule has 1 aromatic heterocycles. The first-order valence-corrected chi connectivity index (χ1v) is 6.14. The number of amides is 1. The maximum atomic E-state index is 11.5. The molecule has 0 aliphatic carbocycles. The van der Waals surface area contributed by atoms with Crippen molar-refractivity contribution in [3.8, 4) is 6.07 Å². The van der Waals surface area contributed by atoms with Gasteiger partial charge in [0.25, 0.3) is 0 Å². The summed E-state index contributed by atoms with van der Waals surface area (Å²) in [5, 5.41) is 11.9. The van der Waals surface area contributed by atoms with Gasteiger partial charge in [-0.05, 0) is 13.3 Å². The molecule has 1 aliphatic heterocycles. The minimum absolute atomic E-state index is 0.0343. The SMILES string of the molecule is C[C@H](N)C(=O)N[C@H]1CCN(c2nccnc2C#N)C1. The first-order chi connectivity index (χ1) is 9.11. The van der Waals surface area contributed by atoms with E-state index >= 15 is 0 Å². The van der Waals surface area contributed by atoms with E-state index in [1.807, 2.05) is 11.0 Å². The van der Waals surface area contributed by atoms with E-state index in [2.05, 4.69) is 15.3 Å². The number of nitrogens with two attached hydrogens (primary N) is 1. The molecule has 7 nitrogen and oxygen atoms in total. The molecule has 0 bridgehead atoms. The topological polar surface area (TPSA) is 108 Å². The number of carbonyl (C=O) groups is 1. The largest absolute Gasteiger partial charge is 0.352 e. The van der Waals surface area contributed by atoms with Crippen LogP contribution < -0.4 is 16.0 Å². The van der Waals surface area contributed by atoms with Crippen LogP contribution >= 0.6 is 0 Å². The molecule has 0 unspecified atom stereocenters. The van der Waals surface area contributed by atoms with Crippen LogP contribution in [0.25, 0.3) is 0 Å². The molecule has 0 aromatic carbocycles. The Balaban J connectivity index is 2.03. The Morgan fingerprint density at radius 1 is 1.63 bits per heavy atom. The van der Waals surface area contributed by atoms with Crippen LogP contribution in [0.2, 0.25) is 0 Å². The van der Waals surface area contributed by atoms with Crippen molar-refractivity contribution in [2.75, 3.05) is 18.0 Å². The third-order valence-electron chi connectivity index (χ3n) is 3.03. The van der Waals surface area contributed by atoms with Crippen molar-refractivity contribution in [1.29, 1.82) is 5.26 Å². The van der Waals surface area contributed by atoms with Crippen LogP contribution in [0.15, 0.2) is 12.4 Å². The number of nitriles is 1. The van der Waals surface area contributed by atoms with Crippen LogP contribution in [0, 0.1) is 11.3 Å². The molecule has 3 N–H and O–H groups in total. The number of rotatable bonds is 3. The zero-order chi connectivity index (χ0) is 13.8. The van der Waals surface area contributed by atoms with E-state index in [-0.39, 0.29) is 11.9 Å². The summed E-state index contributed by atoms with van der Waals surface area (Å²) < 4.78 is 0. The quantitative estimate of drug-likeness (QED) is 0.750. The first-order valence-electron chi connectivity index (χ1n) is 6.14. The Morgan fingerprint density at radius 2 is 2.37 bits per heavy atom. The zero-order valence-electron chi connectivity index (χ0n) is 10.7. The van der Waals surface area contributed by atoms with Gasteiger partial charge in [-0.25, -0.2) is 9.97 Å². The molecule has 2 heterocycles. The van der Waals surface area contributed by atoms with Crippen molar-refractivity contribution in [3.63, 3.8) is 0 Å². The summed E-state index contributed by atoms with van der Waals surface area (Å²) in [7, 11) is 0. The number of anilines is 1. The molecule has 2 atom stereocenters. The highest BCUT2D eigenvalue weighted by molar-refractivity contribution is 5.81. The second-order valence-electron chi connectivity index (χ2n) is 4.57. The third kappa shape index (κ3) is 2.98. The number of carbonyl (C=O) groups excluding carboxylic acids is 1. The van der Waals surface area contributed by atoms with E-state index in [9.17, 15) is 4.79 Å². The normalized spacial score (nSPS) is 19.8. The highest BCUT2D eigenvalue weighted by atomic mass is 16.2. The predicted octanol–water partition coefficient (Wildman–Crippen LogP) is -0.610. The van der Waals surface area contributed by atoms with E-state index in [1.54, 1.807) is 13.1 Å². The van der Waals surface area contributed by atoms with Crippen LogP contribution in [0.3, 0.4) is 0 Å². The lowest BCUT2D eigenvalue weighted by Gasteiger charge is -2.18. The Kier molecular flexibility index (Phi) is 3.92. The summed E-state index contributed by atoms with van der Waals surface area (Å²) in [5.41, 5.74) is 5.82. The third-order valence-corrected chi connectivity index (χ3v) is 3.03. The van der Waals surface area contributed by atoms with Crippen LogP contribution in [-0.4, -0.2) is 41.0 Å². The molecule has 19 heavy (non-hydrogen) atoms. The Bertz CT molecular complexity index is 509. The second kappa shape index (κ2) is 5.63. The van der Waals surface area contributed by atoms with Crippen molar-refractivity contribution < 1.29 is 4.79 Å². The van der Waals surface area contributed by atoms with Crippen molar-refractivity contribution in [2.45, 2.75) is 25.4 Å². The molecule has 1 aliphatic rings. The molecule has 0 radical (unpaired) electrons. The molecule has 0 saturated carbocycles. The molecule has 1 amide bonds. The van der Waals surface area contributed by atoms with E-state index in [0.717, 1.165) is 13.0 Å². The lowest BCUT2D eigenvalue weighted by atomic mass is 10.2. The van der Waals surface area contributed by atoms with Crippen molar-refractivity contribution in [1.82, 2.24) is 15.3 Å². The summed E-state index contributed by atoms with van der Waals surface area (Å²) in [6.45, 7) is 3.00. The summed E-state index contributed by atoms with van der Waals surface area (Å²) in [4.78, 5) is 21.7. The van der Waals surface area contributed by atoms with Crippen molar-refractivity contribution >= 4 is 11.7 Å². The highest BCUT2D eigenvalue weighted by Gasteiger charge is 2.27. The van der Waals surface area contributed by atoms with Crippen LogP contribution in [-0.2, 0) is 4.79 Å². The van der Waals surface area contributed by atoms with Crippen LogP contribution in [0.1, 0.15) is 19.0 Å². The fourth-order valence-corrected chi connectivity index (χ4v) is 2.04. The molecule has 100 valence electrons. The van der Waals surface area contributed by atoms with Gasteiger partial charge in [0, 0.05) is 31.5 Å². The fraction of sp³-hybridized carbons (Fsp3) is 0.500. The Labute approximate surface area is 111 Å². The molecule has 1 saturated heterocycles. The van der Waals surface area contributed by atoms with Gasteiger partial charge < -0.3 is 16.0 Å². The molecule has 0 spiro atoms.